The molecule has 0 atom stereocenters. The Balaban J connectivity index is 2.08. The van der Waals surface area contributed by atoms with Crippen molar-refractivity contribution in [3.63, 3.8) is 0 Å². The minimum absolute atomic E-state index is 0.0403. The number of hydrogen-bond acceptors (Lipinski definition) is 7. The SMILES string of the molecule is COC(=O)N(OC)c1ccccc1Cn1c(C)nn(-c2cc(NS(C)(=O)=O)c(Cl)cc2F)c1=O. The number of rotatable bonds is 7. The summed E-state index contributed by atoms with van der Waals surface area (Å²) in [6.45, 7) is 1.50. The standard InChI is InChI=1S/C20H21ClFN5O6S/c1-12-23-26(18-10-16(24-34(4,30)31)14(21)9-15(18)22)19(28)25(12)11-13-7-5-6-8-17(13)27(33-3)20(29)32-2/h5-10,24H,11H2,1-4H3. The van der Waals surface area contributed by atoms with E-state index in [9.17, 15) is 22.4 Å². The molecule has 0 bridgehead atoms. The van der Waals surface area contributed by atoms with Crippen LogP contribution in [0.2, 0.25) is 5.02 Å². The van der Waals surface area contributed by atoms with Crippen LogP contribution in [-0.4, -0.2) is 49.3 Å². The molecule has 0 aliphatic heterocycles. The number of sulfonamides is 1. The zero-order chi connectivity index (χ0) is 25.2. The Kier molecular flexibility index (Phi) is 7.29. The highest BCUT2D eigenvalue weighted by molar-refractivity contribution is 7.92. The maximum Gasteiger partial charge on any atom is 0.438 e. The van der Waals surface area contributed by atoms with Crippen molar-refractivity contribution >= 4 is 39.1 Å². The van der Waals surface area contributed by atoms with Gasteiger partial charge in [0.05, 0.1) is 43.4 Å². The molecule has 3 rings (SSSR count). The van der Waals surface area contributed by atoms with Gasteiger partial charge in [0.25, 0.3) is 0 Å². The number of nitrogens with one attached hydrogen (secondary N) is 1. The zero-order valence-corrected chi connectivity index (χ0v) is 20.1. The summed E-state index contributed by atoms with van der Waals surface area (Å²) in [6.07, 6.45) is 0.135. The molecular weight excluding hydrogens is 493 g/mol. The lowest BCUT2D eigenvalue weighted by molar-refractivity contribution is 0.115. The molecule has 3 aromatic rings. The van der Waals surface area contributed by atoms with Crippen molar-refractivity contribution in [1.29, 1.82) is 0 Å². The van der Waals surface area contributed by atoms with Crippen LogP contribution in [-0.2, 0) is 26.1 Å². The van der Waals surface area contributed by atoms with Crippen molar-refractivity contribution in [3.8, 4) is 5.69 Å². The van der Waals surface area contributed by atoms with Crippen LogP contribution in [0.25, 0.3) is 5.69 Å². The second kappa shape index (κ2) is 9.83. The number of aromatic nitrogens is 3. The van der Waals surface area contributed by atoms with Crippen LogP contribution in [0, 0.1) is 12.7 Å². The Hall–Kier alpha value is -3.42. The van der Waals surface area contributed by atoms with E-state index in [2.05, 4.69) is 9.82 Å². The number of hydroxylamine groups is 1. The lowest BCUT2D eigenvalue weighted by Crippen LogP contribution is -2.31. The van der Waals surface area contributed by atoms with E-state index < -0.39 is 27.6 Å². The van der Waals surface area contributed by atoms with Crippen molar-refractivity contribution in [2.75, 3.05) is 30.3 Å². The number of aryl methyl sites for hydroxylation is 1. The number of carbonyl (C=O) groups excluding carboxylic acids is 1. The number of para-hydroxylation sites is 1. The predicted molar refractivity (Wildman–Crippen MR) is 123 cm³/mol. The number of nitrogens with zero attached hydrogens (tertiary/aromatic N) is 4. The summed E-state index contributed by atoms with van der Waals surface area (Å²) >= 11 is 5.94. The summed E-state index contributed by atoms with van der Waals surface area (Å²) in [4.78, 5) is 30.3. The quantitative estimate of drug-likeness (QED) is 0.481. The molecule has 0 saturated carbocycles. The van der Waals surface area contributed by atoms with E-state index >= 15 is 0 Å². The number of carbonyl (C=O) groups is 1. The molecule has 14 heteroatoms. The van der Waals surface area contributed by atoms with Crippen molar-refractivity contribution in [2.24, 2.45) is 0 Å². The molecule has 0 unspecified atom stereocenters. The Labute approximate surface area is 199 Å². The lowest BCUT2D eigenvalue weighted by atomic mass is 10.1. The van der Waals surface area contributed by atoms with Gasteiger partial charge in [0.15, 0.2) is 5.82 Å². The molecule has 11 nitrogen and oxygen atoms in total. The normalized spacial score (nSPS) is 11.4. The maximum absolute atomic E-state index is 14.7. The van der Waals surface area contributed by atoms with Crippen LogP contribution in [0.1, 0.15) is 11.4 Å². The van der Waals surface area contributed by atoms with Gasteiger partial charge in [-0.1, -0.05) is 29.8 Å². The van der Waals surface area contributed by atoms with E-state index in [0.717, 1.165) is 28.1 Å². The van der Waals surface area contributed by atoms with Gasteiger partial charge in [-0.15, -0.1) is 0 Å². The summed E-state index contributed by atoms with van der Waals surface area (Å²) in [5, 5.41) is 4.85. The van der Waals surface area contributed by atoms with Gasteiger partial charge in [-0.3, -0.25) is 14.1 Å². The minimum Gasteiger partial charge on any atom is -0.451 e. The Morgan fingerprint density at radius 3 is 2.56 bits per heavy atom. The first-order valence-corrected chi connectivity index (χ1v) is 11.9. The van der Waals surface area contributed by atoms with E-state index in [-0.39, 0.29) is 28.8 Å². The van der Waals surface area contributed by atoms with Gasteiger partial charge in [-0.25, -0.2) is 22.4 Å². The predicted octanol–water partition coefficient (Wildman–Crippen LogP) is 2.69. The molecule has 0 aliphatic carbocycles. The van der Waals surface area contributed by atoms with Crippen molar-refractivity contribution < 1.29 is 27.2 Å². The van der Waals surface area contributed by atoms with Crippen LogP contribution in [0.5, 0.6) is 0 Å². The highest BCUT2D eigenvalue weighted by Crippen LogP contribution is 2.28. The number of anilines is 2. The first-order chi connectivity index (χ1) is 16.0. The monoisotopic (exact) mass is 513 g/mol. The van der Waals surface area contributed by atoms with Gasteiger partial charge in [-0.05, 0) is 30.7 Å². The molecule has 0 spiro atoms. The molecule has 1 N–H and O–H groups in total. The minimum atomic E-state index is -3.71. The lowest BCUT2D eigenvalue weighted by Gasteiger charge is -2.21. The zero-order valence-electron chi connectivity index (χ0n) is 18.6. The molecule has 2 aromatic carbocycles. The molecule has 1 aromatic heterocycles. The molecule has 1 heterocycles. The number of hydrogen-bond donors (Lipinski definition) is 1. The molecule has 0 radical (unpaired) electrons. The molecule has 0 aliphatic rings. The van der Waals surface area contributed by atoms with Gasteiger partial charge >= 0.3 is 11.8 Å². The first-order valence-electron chi connectivity index (χ1n) is 9.60. The highest BCUT2D eigenvalue weighted by Gasteiger charge is 2.22. The van der Waals surface area contributed by atoms with Crippen molar-refractivity contribution in [3.05, 3.63) is 69.1 Å². The average molecular weight is 514 g/mol. The van der Waals surface area contributed by atoms with Gasteiger partial charge in [-0.2, -0.15) is 14.8 Å². The van der Waals surface area contributed by atoms with E-state index in [1.165, 1.54) is 18.8 Å². The van der Waals surface area contributed by atoms with Gasteiger partial charge in [0.2, 0.25) is 10.0 Å². The fourth-order valence-corrected chi connectivity index (χ4v) is 4.00. The van der Waals surface area contributed by atoms with Crippen molar-refractivity contribution in [1.82, 2.24) is 14.3 Å². The largest absolute Gasteiger partial charge is 0.451 e. The Bertz CT molecular complexity index is 1400. The molecule has 34 heavy (non-hydrogen) atoms. The topological polar surface area (TPSA) is 125 Å². The summed E-state index contributed by atoms with van der Waals surface area (Å²) in [7, 11) is -1.23. The van der Waals surface area contributed by atoms with E-state index in [1.54, 1.807) is 31.2 Å². The van der Waals surface area contributed by atoms with Gasteiger partial charge in [0.1, 0.15) is 11.5 Å². The number of methoxy groups -OCH3 is 1. The Morgan fingerprint density at radius 2 is 1.94 bits per heavy atom. The van der Waals surface area contributed by atoms with Crippen LogP contribution >= 0.6 is 11.6 Å². The number of amides is 1. The fraction of sp³-hybridized carbons (Fsp3) is 0.250. The third kappa shape index (κ3) is 5.21. The van der Waals surface area contributed by atoms with Gasteiger partial charge < -0.3 is 4.74 Å². The van der Waals surface area contributed by atoms with Crippen LogP contribution in [0.4, 0.5) is 20.6 Å². The van der Waals surface area contributed by atoms with Crippen LogP contribution < -0.4 is 15.5 Å². The summed E-state index contributed by atoms with van der Waals surface area (Å²) < 4.78 is 46.8. The van der Waals surface area contributed by atoms with Crippen molar-refractivity contribution in [2.45, 2.75) is 13.5 Å². The van der Waals surface area contributed by atoms with E-state index in [4.69, 9.17) is 21.2 Å². The van der Waals surface area contributed by atoms with E-state index in [1.807, 2.05) is 0 Å². The molecule has 0 fully saturated rings. The van der Waals surface area contributed by atoms with Gasteiger partial charge in [0, 0.05) is 0 Å². The first kappa shape index (κ1) is 25.2. The second-order valence-corrected chi connectivity index (χ2v) is 9.22. The molecular formula is C20H21ClFN5O6S. The van der Waals surface area contributed by atoms with Crippen LogP contribution in [0.3, 0.4) is 0 Å². The number of halogens is 2. The summed E-state index contributed by atoms with van der Waals surface area (Å²) in [5.41, 5.74) is -0.285. The fourth-order valence-electron chi connectivity index (χ4n) is 3.18. The number of benzene rings is 2. The third-order valence-corrected chi connectivity index (χ3v) is 5.57. The highest BCUT2D eigenvalue weighted by atomic mass is 35.5. The average Bonchev–Trinajstić information content (AvgIpc) is 3.04. The molecule has 182 valence electrons. The summed E-state index contributed by atoms with van der Waals surface area (Å²) in [6, 6.07) is 8.61. The molecule has 1 amide bonds. The third-order valence-electron chi connectivity index (χ3n) is 4.67. The van der Waals surface area contributed by atoms with E-state index in [0.29, 0.717) is 11.3 Å². The second-order valence-electron chi connectivity index (χ2n) is 7.06. The summed E-state index contributed by atoms with van der Waals surface area (Å²) in [5.74, 6) is -0.652. The van der Waals surface area contributed by atoms with Crippen LogP contribution in [0.15, 0.2) is 41.2 Å². The maximum atomic E-state index is 14.7. The number of ether oxygens (including phenoxy) is 1. The smallest absolute Gasteiger partial charge is 0.438 e. The Morgan fingerprint density at radius 1 is 1.26 bits per heavy atom. The molecule has 0 saturated heterocycles.